The van der Waals surface area contributed by atoms with Crippen molar-refractivity contribution in [1.29, 1.82) is 0 Å². The molecule has 0 aliphatic carbocycles. The normalized spacial score (nSPS) is 20.9. The Morgan fingerprint density at radius 2 is 1.96 bits per heavy atom. The highest BCUT2D eigenvalue weighted by Crippen LogP contribution is 2.28. The van der Waals surface area contributed by atoms with Gasteiger partial charge in [-0.2, -0.15) is 0 Å². The third-order valence-electron chi connectivity index (χ3n) is 5.19. The van der Waals surface area contributed by atoms with Gasteiger partial charge < -0.3 is 19.3 Å². The second kappa shape index (κ2) is 8.27. The summed E-state index contributed by atoms with van der Waals surface area (Å²) in [6.07, 6.45) is 2.50. The van der Waals surface area contributed by atoms with Crippen LogP contribution in [0.2, 0.25) is 5.02 Å². The number of rotatable bonds is 4. The van der Waals surface area contributed by atoms with Gasteiger partial charge >= 0.3 is 0 Å². The quantitative estimate of drug-likeness (QED) is 0.805. The van der Waals surface area contributed by atoms with Crippen molar-refractivity contribution in [1.82, 2.24) is 9.80 Å². The zero-order valence-corrected chi connectivity index (χ0v) is 16.0. The maximum absolute atomic E-state index is 12.9. The van der Waals surface area contributed by atoms with E-state index < -0.39 is 0 Å². The highest BCUT2D eigenvalue weighted by atomic mass is 35.5. The molecule has 7 heteroatoms. The molecule has 2 aliphatic heterocycles. The van der Waals surface area contributed by atoms with Crippen molar-refractivity contribution in [2.24, 2.45) is 0 Å². The number of hydrogen-bond donors (Lipinski definition) is 0. The van der Waals surface area contributed by atoms with E-state index in [-0.39, 0.29) is 23.9 Å². The second-order valence-electron chi connectivity index (χ2n) is 6.81. The van der Waals surface area contributed by atoms with E-state index in [1.807, 2.05) is 4.90 Å². The smallest absolute Gasteiger partial charge is 0.257 e. The van der Waals surface area contributed by atoms with Crippen molar-refractivity contribution in [3.63, 3.8) is 0 Å². The van der Waals surface area contributed by atoms with Gasteiger partial charge in [-0.15, -0.1) is 0 Å². The fourth-order valence-electron chi connectivity index (χ4n) is 3.94. The molecule has 26 heavy (non-hydrogen) atoms. The third kappa shape index (κ3) is 3.96. The van der Waals surface area contributed by atoms with Crippen molar-refractivity contribution in [3.05, 3.63) is 28.8 Å². The molecule has 0 radical (unpaired) electrons. The summed E-state index contributed by atoms with van der Waals surface area (Å²) in [6.45, 7) is 4.16. The first kappa shape index (κ1) is 19.0. The van der Waals surface area contributed by atoms with Crippen LogP contribution in [0, 0.1) is 0 Å². The summed E-state index contributed by atoms with van der Waals surface area (Å²) in [4.78, 5) is 29.0. The van der Waals surface area contributed by atoms with E-state index in [1.165, 1.54) is 7.11 Å². The number of carbonyl (C=O) groups excluding carboxylic acids is 2. The van der Waals surface area contributed by atoms with Crippen LogP contribution in [0.25, 0.3) is 0 Å². The van der Waals surface area contributed by atoms with Gasteiger partial charge in [0.15, 0.2) is 0 Å². The standard InChI is InChI=1S/C19H25ClN2O4/c1-13(23)22(15-6-9-26-10-7-15)16-5-8-21(12-16)19(24)17-4-3-14(20)11-18(17)25-2/h3-4,11,15-16H,5-10,12H2,1-2H3. The molecule has 1 aromatic carbocycles. The third-order valence-corrected chi connectivity index (χ3v) is 5.42. The van der Waals surface area contributed by atoms with E-state index in [2.05, 4.69) is 0 Å². The van der Waals surface area contributed by atoms with Crippen LogP contribution in [0.15, 0.2) is 18.2 Å². The number of nitrogens with zero attached hydrogens (tertiary/aromatic N) is 2. The van der Waals surface area contributed by atoms with Gasteiger partial charge in [-0.05, 0) is 37.5 Å². The molecule has 2 aliphatic rings. The Balaban J connectivity index is 1.72. The Kier molecular flexibility index (Phi) is 6.04. The van der Waals surface area contributed by atoms with E-state index in [9.17, 15) is 9.59 Å². The van der Waals surface area contributed by atoms with Gasteiger partial charge in [0, 0.05) is 44.3 Å². The summed E-state index contributed by atoms with van der Waals surface area (Å²) in [6, 6.07) is 5.28. The Labute approximate surface area is 159 Å². The average molecular weight is 381 g/mol. The number of hydrogen-bond acceptors (Lipinski definition) is 4. The summed E-state index contributed by atoms with van der Waals surface area (Å²) in [7, 11) is 1.53. The number of benzene rings is 1. The van der Waals surface area contributed by atoms with E-state index in [4.69, 9.17) is 21.1 Å². The molecule has 6 nitrogen and oxygen atoms in total. The molecule has 0 saturated carbocycles. The van der Waals surface area contributed by atoms with E-state index >= 15 is 0 Å². The van der Waals surface area contributed by atoms with Gasteiger partial charge in [0.2, 0.25) is 5.91 Å². The van der Waals surface area contributed by atoms with Crippen LogP contribution in [-0.2, 0) is 9.53 Å². The van der Waals surface area contributed by atoms with Gasteiger partial charge in [0.25, 0.3) is 5.91 Å². The van der Waals surface area contributed by atoms with Crippen molar-refractivity contribution in [3.8, 4) is 5.75 Å². The Hall–Kier alpha value is -1.79. The number of methoxy groups -OCH3 is 1. The monoisotopic (exact) mass is 380 g/mol. The summed E-state index contributed by atoms with van der Waals surface area (Å²) in [5.41, 5.74) is 0.498. The van der Waals surface area contributed by atoms with E-state index in [0.29, 0.717) is 42.6 Å². The van der Waals surface area contributed by atoms with E-state index in [1.54, 1.807) is 30.0 Å². The van der Waals surface area contributed by atoms with Crippen molar-refractivity contribution < 1.29 is 19.1 Å². The molecule has 0 aromatic heterocycles. The van der Waals surface area contributed by atoms with Gasteiger partial charge in [0.1, 0.15) is 5.75 Å². The van der Waals surface area contributed by atoms with Crippen molar-refractivity contribution in [2.75, 3.05) is 33.4 Å². The summed E-state index contributed by atoms with van der Waals surface area (Å²) in [5.74, 6) is 0.454. The second-order valence-corrected chi connectivity index (χ2v) is 7.24. The lowest BCUT2D eigenvalue weighted by molar-refractivity contribution is -0.135. The van der Waals surface area contributed by atoms with Crippen molar-refractivity contribution >= 4 is 23.4 Å². The fraction of sp³-hybridized carbons (Fsp3) is 0.579. The minimum absolute atomic E-state index is 0.0536. The minimum Gasteiger partial charge on any atom is -0.496 e. The maximum atomic E-state index is 12.9. The van der Waals surface area contributed by atoms with Gasteiger partial charge in [-0.25, -0.2) is 0 Å². The Morgan fingerprint density at radius 1 is 1.23 bits per heavy atom. The van der Waals surface area contributed by atoms with Gasteiger partial charge in [0.05, 0.1) is 18.7 Å². The molecule has 1 atom stereocenters. The predicted molar refractivity (Wildman–Crippen MR) is 98.7 cm³/mol. The summed E-state index contributed by atoms with van der Waals surface area (Å²) >= 11 is 5.99. The molecular weight excluding hydrogens is 356 g/mol. The molecule has 3 rings (SSSR count). The van der Waals surface area contributed by atoms with Crippen molar-refractivity contribution in [2.45, 2.75) is 38.3 Å². The summed E-state index contributed by atoms with van der Waals surface area (Å²) in [5, 5.41) is 0.528. The lowest BCUT2D eigenvalue weighted by Gasteiger charge is -2.37. The van der Waals surface area contributed by atoms with E-state index in [0.717, 1.165) is 19.3 Å². The number of halogens is 1. The first-order chi connectivity index (χ1) is 12.5. The topological polar surface area (TPSA) is 59.1 Å². The Bertz CT molecular complexity index is 676. The molecular formula is C19H25ClN2O4. The molecule has 0 bridgehead atoms. The highest BCUT2D eigenvalue weighted by Gasteiger charge is 2.36. The predicted octanol–water partition coefficient (Wildman–Crippen LogP) is 2.59. The SMILES string of the molecule is COc1cc(Cl)ccc1C(=O)N1CCC(N(C(C)=O)C2CCOCC2)C1. The highest BCUT2D eigenvalue weighted by molar-refractivity contribution is 6.30. The van der Waals surface area contributed by atoms with Crippen LogP contribution in [0.5, 0.6) is 5.75 Å². The van der Waals surface area contributed by atoms with Crippen LogP contribution in [0.4, 0.5) is 0 Å². The molecule has 2 heterocycles. The number of amides is 2. The first-order valence-electron chi connectivity index (χ1n) is 9.00. The van der Waals surface area contributed by atoms with Crippen LogP contribution < -0.4 is 4.74 Å². The first-order valence-corrected chi connectivity index (χ1v) is 9.38. The average Bonchev–Trinajstić information content (AvgIpc) is 3.11. The van der Waals surface area contributed by atoms with Crippen LogP contribution >= 0.6 is 11.6 Å². The molecule has 142 valence electrons. The van der Waals surface area contributed by atoms with Crippen LogP contribution in [0.1, 0.15) is 36.5 Å². The number of likely N-dealkylation sites (tertiary alicyclic amines) is 1. The molecule has 2 amide bonds. The zero-order chi connectivity index (χ0) is 18.7. The molecule has 0 N–H and O–H groups in total. The zero-order valence-electron chi connectivity index (χ0n) is 15.2. The Morgan fingerprint density at radius 3 is 2.62 bits per heavy atom. The molecule has 1 aromatic rings. The summed E-state index contributed by atoms with van der Waals surface area (Å²) < 4.78 is 10.7. The fourth-order valence-corrected chi connectivity index (χ4v) is 4.10. The molecule has 2 saturated heterocycles. The molecule has 1 unspecified atom stereocenters. The maximum Gasteiger partial charge on any atom is 0.257 e. The van der Waals surface area contributed by atoms with Gasteiger partial charge in [-0.1, -0.05) is 11.6 Å². The van der Waals surface area contributed by atoms with Crippen LogP contribution in [-0.4, -0.2) is 67.1 Å². The van der Waals surface area contributed by atoms with Crippen LogP contribution in [0.3, 0.4) is 0 Å². The number of ether oxygens (including phenoxy) is 2. The lowest BCUT2D eigenvalue weighted by Crippen LogP contribution is -2.49. The number of carbonyl (C=O) groups is 2. The minimum atomic E-state index is -0.0866. The lowest BCUT2D eigenvalue weighted by atomic mass is 10.0. The molecule has 0 spiro atoms. The largest absolute Gasteiger partial charge is 0.496 e. The van der Waals surface area contributed by atoms with Gasteiger partial charge in [-0.3, -0.25) is 9.59 Å². The molecule has 2 fully saturated rings.